The molecule has 1 atom stereocenters. The van der Waals surface area contributed by atoms with Crippen LogP contribution >= 0.6 is 0 Å². The minimum Gasteiger partial charge on any atom is -0.356 e. The third-order valence-corrected chi connectivity index (χ3v) is 3.58. The summed E-state index contributed by atoms with van der Waals surface area (Å²) in [6, 6.07) is 0. The van der Waals surface area contributed by atoms with Crippen molar-refractivity contribution < 1.29 is 22.6 Å². The molecule has 5 heteroatoms. The predicted octanol–water partition coefficient (Wildman–Crippen LogP) is 5.31. The standard InChI is InChI=1S/C15H29F3O2/c1-4-5-6-7-8-9-10-13(14(19-2)20-3)11-12-15(16,17)18/h13-14H,4-12H2,1-3H3. The molecule has 0 fully saturated rings. The molecule has 2 nitrogen and oxygen atoms in total. The summed E-state index contributed by atoms with van der Waals surface area (Å²) in [6.07, 6.45) is 2.21. The van der Waals surface area contributed by atoms with Crippen molar-refractivity contribution in [3.05, 3.63) is 0 Å². The first-order valence-corrected chi connectivity index (χ1v) is 7.57. The molecular formula is C15H29F3O2. The van der Waals surface area contributed by atoms with Gasteiger partial charge in [-0.15, -0.1) is 0 Å². The van der Waals surface area contributed by atoms with Crippen molar-refractivity contribution in [3.63, 3.8) is 0 Å². The van der Waals surface area contributed by atoms with Gasteiger partial charge in [-0.05, 0) is 12.8 Å². The smallest absolute Gasteiger partial charge is 0.356 e. The largest absolute Gasteiger partial charge is 0.389 e. The van der Waals surface area contributed by atoms with E-state index in [1.807, 2.05) is 0 Å². The van der Waals surface area contributed by atoms with E-state index in [-0.39, 0.29) is 12.3 Å². The van der Waals surface area contributed by atoms with E-state index < -0.39 is 18.9 Å². The number of ether oxygens (including phenoxy) is 2. The van der Waals surface area contributed by atoms with E-state index in [0.717, 1.165) is 25.7 Å². The average Bonchev–Trinajstić information content (AvgIpc) is 2.39. The Hall–Kier alpha value is -0.290. The predicted molar refractivity (Wildman–Crippen MR) is 74.6 cm³/mol. The van der Waals surface area contributed by atoms with Crippen LogP contribution in [0.2, 0.25) is 0 Å². The molecule has 0 amide bonds. The van der Waals surface area contributed by atoms with Crippen LogP contribution in [0.15, 0.2) is 0 Å². The van der Waals surface area contributed by atoms with E-state index in [9.17, 15) is 13.2 Å². The van der Waals surface area contributed by atoms with Gasteiger partial charge < -0.3 is 9.47 Å². The quantitative estimate of drug-likeness (QED) is 0.359. The molecule has 0 aliphatic rings. The number of unbranched alkanes of at least 4 members (excludes halogenated alkanes) is 5. The third kappa shape index (κ3) is 10.5. The molecule has 20 heavy (non-hydrogen) atoms. The first-order valence-electron chi connectivity index (χ1n) is 7.57. The van der Waals surface area contributed by atoms with Crippen LogP contribution < -0.4 is 0 Å². The van der Waals surface area contributed by atoms with Gasteiger partial charge in [0.15, 0.2) is 6.29 Å². The van der Waals surface area contributed by atoms with Gasteiger partial charge in [0.25, 0.3) is 0 Å². The molecule has 0 saturated carbocycles. The van der Waals surface area contributed by atoms with Gasteiger partial charge in [-0.3, -0.25) is 0 Å². The Morgan fingerprint density at radius 3 is 1.90 bits per heavy atom. The first kappa shape index (κ1) is 19.7. The van der Waals surface area contributed by atoms with Crippen molar-refractivity contribution >= 4 is 0 Å². The van der Waals surface area contributed by atoms with Crippen LogP contribution in [-0.2, 0) is 9.47 Å². The van der Waals surface area contributed by atoms with Gasteiger partial charge in [-0.25, -0.2) is 0 Å². The molecule has 1 unspecified atom stereocenters. The number of rotatable bonds is 12. The van der Waals surface area contributed by atoms with Crippen LogP contribution in [0.4, 0.5) is 13.2 Å². The van der Waals surface area contributed by atoms with Gasteiger partial charge in [-0.1, -0.05) is 45.4 Å². The summed E-state index contributed by atoms with van der Waals surface area (Å²) in [5.41, 5.74) is 0. The second-order valence-electron chi connectivity index (χ2n) is 5.31. The Bertz CT molecular complexity index is 216. The molecule has 0 radical (unpaired) electrons. The van der Waals surface area contributed by atoms with Crippen LogP contribution in [0.25, 0.3) is 0 Å². The highest BCUT2D eigenvalue weighted by atomic mass is 19.4. The zero-order valence-corrected chi connectivity index (χ0v) is 13.0. The summed E-state index contributed by atoms with van der Waals surface area (Å²) in [5, 5.41) is 0. The highest BCUT2D eigenvalue weighted by molar-refractivity contribution is 4.66. The maximum Gasteiger partial charge on any atom is 0.389 e. The average molecular weight is 298 g/mol. The highest BCUT2D eigenvalue weighted by Crippen LogP contribution is 2.29. The maximum absolute atomic E-state index is 12.3. The van der Waals surface area contributed by atoms with E-state index in [1.165, 1.54) is 33.5 Å². The molecule has 0 aliphatic carbocycles. The van der Waals surface area contributed by atoms with Crippen molar-refractivity contribution in [2.75, 3.05) is 14.2 Å². The molecule has 0 aromatic rings. The monoisotopic (exact) mass is 298 g/mol. The maximum atomic E-state index is 12.3. The number of hydrogen-bond donors (Lipinski definition) is 0. The second-order valence-corrected chi connectivity index (χ2v) is 5.31. The lowest BCUT2D eigenvalue weighted by Crippen LogP contribution is -2.26. The molecular weight excluding hydrogens is 269 g/mol. The normalized spacial score (nSPS) is 13.9. The zero-order chi connectivity index (χ0) is 15.4. The van der Waals surface area contributed by atoms with Gasteiger partial charge in [0, 0.05) is 26.6 Å². The van der Waals surface area contributed by atoms with Crippen LogP contribution in [-0.4, -0.2) is 26.7 Å². The molecule has 0 aliphatic heterocycles. The lowest BCUT2D eigenvalue weighted by atomic mass is 9.94. The van der Waals surface area contributed by atoms with Gasteiger partial charge in [-0.2, -0.15) is 13.2 Å². The van der Waals surface area contributed by atoms with Crippen molar-refractivity contribution in [1.29, 1.82) is 0 Å². The molecule has 122 valence electrons. The van der Waals surface area contributed by atoms with Crippen molar-refractivity contribution in [1.82, 2.24) is 0 Å². The minimum atomic E-state index is -4.11. The van der Waals surface area contributed by atoms with Gasteiger partial charge >= 0.3 is 6.18 Å². The lowest BCUT2D eigenvalue weighted by Gasteiger charge is -2.25. The third-order valence-electron chi connectivity index (χ3n) is 3.58. The molecule has 0 rings (SSSR count). The summed E-state index contributed by atoms with van der Waals surface area (Å²) in [7, 11) is 2.96. The van der Waals surface area contributed by atoms with E-state index >= 15 is 0 Å². The number of methoxy groups -OCH3 is 2. The summed E-state index contributed by atoms with van der Waals surface area (Å²) in [6.45, 7) is 2.16. The Morgan fingerprint density at radius 2 is 1.40 bits per heavy atom. The van der Waals surface area contributed by atoms with E-state index in [2.05, 4.69) is 6.92 Å². The van der Waals surface area contributed by atoms with E-state index in [0.29, 0.717) is 0 Å². The van der Waals surface area contributed by atoms with E-state index in [4.69, 9.17) is 9.47 Å². The topological polar surface area (TPSA) is 18.5 Å². The Kier molecular flexibility index (Phi) is 11.2. The van der Waals surface area contributed by atoms with Crippen molar-refractivity contribution in [3.8, 4) is 0 Å². The van der Waals surface area contributed by atoms with E-state index in [1.54, 1.807) is 0 Å². The van der Waals surface area contributed by atoms with Crippen LogP contribution in [0.3, 0.4) is 0 Å². The van der Waals surface area contributed by atoms with Crippen LogP contribution in [0.1, 0.15) is 64.7 Å². The lowest BCUT2D eigenvalue weighted by molar-refractivity contribution is -0.163. The molecule has 0 bridgehead atoms. The van der Waals surface area contributed by atoms with Crippen molar-refractivity contribution in [2.24, 2.45) is 5.92 Å². The number of hydrogen-bond acceptors (Lipinski definition) is 2. The molecule has 0 heterocycles. The molecule has 0 saturated heterocycles. The molecule has 0 spiro atoms. The number of halogens is 3. The van der Waals surface area contributed by atoms with Crippen molar-refractivity contribution in [2.45, 2.75) is 77.2 Å². The first-order chi connectivity index (χ1) is 9.44. The fourth-order valence-electron chi connectivity index (χ4n) is 2.43. The summed E-state index contributed by atoms with van der Waals surface area (Å²) in [4.78, 5) is 0. The molecule has 0 aromatic heterocycles. The fraction of sp³-hybridized carbons (Fsp3) is 1.00. The number of alkyl halides is 3. The van der Waals surface area contributed by atoms with Gasteiger partial charge in [0.05, 0.1) is 0 Å². The SMILES string of the molecule is CCCCCCCCC(CCC(F)(F)F)C(OC)OC. The Labute approximate surface area is 121 Å². The highest BCUT2D eigenvalue weighted by Gasteiger charge is 2.30. The summed E-state index contributed by atoms with van der Waals surface area (Å²) >= 11 is 0. The Morgan fingerprint density at radius 1 is 0.850 bits per heavy atom. The molecule has 0 N–H and O–H groups in total. The fourth-order valence-corrected chi connectivity index (χ4v) is 2.43. The summed E-state index contributed by atoms with van der Waals surface area (Å²) in [5.74, 6) is -0.183. The van der Waals surface area contributed by atoms with Gasteiger partial charge in [0.1, 0.15) is 0 Å². The van der Waals surface area contributed by atoms with Gasteiger partial charge in [0.2, 0.25) is 0 Å². The zero-order valence-electron chi connectivity index (χ0n) is 13.0. The van der Waals surface area contributed by atoms with Crippen LogP contribution in [0.5, 0.6) is 0 Å². The Balaban J connectivity index is 4.05. The molecule has 0 aromatic carbocycles. The summed E-state index contributed by atoms with van der Waals surface area (Å²) < 4.78 is 47.3. The van der Waals surface area contributed by atoms with Crippen LogP contribution in [0, 0.1) is 5.92 Å². The minimum absolute atomic E-state index is 0.0742. The second kappa shape index (κ2) is 11.4.